The van der Waals surface area contributed by atoms with Gasteiger partial charge in [-0.3, -0.25) is 0 Å². The fourth-order valence-corrected chi connectivity index (χ4v) is 2.67. The Hall–Kier alpha value is -0.900. The molecule has 0 fully saturated rings. The molecule has 0 saturated carbocycles. The van der Waals surface area contributed by atoms with E-state index >= 15 is 0 Å². The fraction of sp³-hybridized carbons (Fsp3) is 0.455. The topological polar surface area (TPSA) is 58.2 Å². The lowest BCUT2D eigenvalue weighted by Gasteiger charge is -2.12. The Kier molecular flexibility index (Phi) is 5.97. The maximum Gasteiger partial charge on any atom is 0.402 e. The molecule has 0 bridgehead atoms. The Morgan fingerprint density at radius 2 is 1.90 bits per heavy atom. The van der Waals surface area contributed by atoms with Crippen molar-refractivity contribution in [3.05, 3.63) is 28.5 Å². The molecule has 0 radical (unpaired) electrons. The summed E-state index contributed by atoms with van der Waals surface area (Å²) in [5.74, 6) is -1.01. The van der Waals surface area contributed by atoms with Gasteiger partial charge in [0.05, 0.1) is 9.92 Å². The monoisotopic (exact) mass is 348 g/mol. The third-order valence-corrected chi connectivity index (χ3v) is 4.22. The summed E-state index contributed by atoms with van der Waals surface area (Å²) in [7, 11) is -4.48. The Balaban J connectivity index is 3.09. The predicted octanol–water partition coefficient (Wildman–Crippen LogP) is 2.43. The lowest BCUT2D eigenvalue weighted by molar-refractivity contribution is -0.121. The maximum atomic E-state index is 13.6. The van der Waals surface area contributed by atoms with Crippen LogP contribution in [-0.2, 0) is 16.6 Å². The van der Waals surface area contributed by atoms with Crippen LogP contribution < -0.4 is 10.0 Å². The molecule has 120 valence electrons. The van der Waals surface area contributed by atoms with E-state index in [9.17, 15) is 26.0 Å². The maximum absolute atomic E-state index is 13.6. The molecule has 1 rings (SSSR count). The van der Waals surface area contributed by atoms with E-state index in [1.54, 1.807) is 6.92 Å². The van der Waals surface area contributed by atoms with Gasteiger partial charge in [0.25, 0.3) is 0 Å². The zero-order valence-electron chi connectivity index (χ0n) is 10.9. The van der Waals surface area contributed by atoms with Crippen molar-refractivity contribution in [1.82, 2.24) is 10.0 Å². The third-order valence-electron chi connectivity index (χ3n) is 2.42. The molecule has 0 amide bonds. The van der Waals surface area contributed by atoms with Crippen LogP contribution >= 0.6 is 11.6 Å². The molecule has 0 aliphatic carbocycles. The number of sulfonamides is 1. The highest BCUT2D eigenvalue weighted by molar-refractivity contribution is 7.89. The Morgan fingerprint density at radius 1 is 1.29 bits per heavy atom. The van der Waals surface area contributed by atoms with Gasteiger partial charge >= 0.3 is 6.18 Å². The van der Waals surface area contributed by atoms with Crippen LogP contribution in [0, 0.1) is 5.82 Å². The highest BCUT2D eigenvalue weighted by Crippen LogP contribution is 2.25. The quantitative estimate of drug-likeness (QED) is 0.776. The molecule has 0 unspecified atom stereocenters. The molecule has 0 aliphatic rings. The number of benzene rings is 1. The van der Waals surface area contributed by atoms with Gasteiger partial charge in [0.1, 0.15) is 12.4 Å². The van der Waals surface area contributed by atoms with Crippen LogP contribution in [0.1, 0.15) is 12.5 Å². The summed E-state index contributed by atoms with van der Waals surface area (Å²) >= 11 is 5.69. The second-order valence-electron chi connectivity index (χ2n) is 4.10. The lowest BCUT2D eigenvalue weighted by Crippen LogP contribution is -2.33. The second-order valence-corrected chi connectivity index (χ2v) is 6.24. The summed E-state index contributed by atoms with van der Waals surface area (Å²) in [5.41, 5.74) is 0.144. The van der Waals surface area contributed by atoms with Crippen LogP contribution in [0.4, 0.5) is 17.6 Å². The second kappa shape index (κ2) is 6.91. The average Bonchev–Trinajstić information content (AvgIpc) is 2.37. The average molecular weight is 349 g/mol. The fourth-order valence-electron chi connectivity index (χ4n) is 1.42. The minimum absolute atomic E-state index is 0.0921. The summed E-state index contributed by atoms with van der Waals surface area (Å²) in [5, 5.41) is 2.55. The van der Waals surface area contributed by atoms with E-state index in [0.717, 1.165) is 6.07 Å². The zero-order chi connectivity index (χ0) is 16.3. The molecule has 4 nitrogen and oxygen atoms in total. The highest BCUT2D eigenvalue weighted by atomic mass is 35.5. The molecule has 0 spiro atoms. The van der Waals surface area contributed by atoms with E-state index < -0.39 is 33.5 Å². The largest absolute Gasteiger partial charge is 0.402 e. The molecule has 0 atom stereocenters. The summed E-state index contributed by atoms with van der Waals surface area (Å²) in [6.07, 6.45) is -4.70. The summed E-state index contributed by atoms with van der Waals surface area (Å²) < 4.78 is 74.6. The smallest absolute Gasteiger partial charge is 0.313 e. The number of hydrogen-bond donors (Lipinski definition) is 2. The molecule has 1 aromatic rings. The van der Waals surface area contributed by atoms with E-state index in [-0.39, 0.29) is 17.1 Å². The van der Waals surface area contributed by atoms with Gasteiger partial charge in [0.15, 0.2) is 0 Å². The molecule has 10 heteroatoms. The van der Waals surface area contributed by atoms with E-state index in [2.05, 4.69) is 5.32 Å². The van der Waals surface area contributed by atoms with Crippen molar-refractivity contribution < 1.29 is 26.0 Å². The van der Waals surface area contributed by atoms with Crippen molar-refractivity contribution in [2.45, 2.75) is 24.5 Å². The molecule has 2 N–H and O–H groups in total. The van der Waals surface area contributed by atoms with Gasteiger partial charge in [0.2, 0.25) is 10.0 Å². The van der Waals surface area contributed by atoms with Crippen LogP contribution in [0.2, 0.25) is 5.02 Å². The Morgan fingerprint density at radius 3 is 2.43 bits per heavy atom. The minimum Gasteiger partial charge on any atom is -0.313 e. The number of alkyl halides is 3. The van der Waals surface area contributed by atoms with Crippen LogP contribution in [0.25, 0.3) is 0 Å². The van der Waals surface area contributed by atoms with Gasteiger partial charge in [0, 0.05) is 6.54 Å². The van der Waals surface area contributed by atoms with Gasteiger partial charge in [-0.1, -0.05) is 18.5 Å². The van der Waals surface area contributed by atoms with Crippen molar-refractivity contribution in [3.63, 3.8) is 0 Å². The number of rotatable bonds is 6. The van der Waals surface area contributed by atoms with E-state index in [1.807, 2.05) is 0 Å². The first kappa shape index (κ1) is 18.1. The molecular weight excluding hydrogens is 336 g/mol. The molecule has 0 aliphatic heterocycles. The van der Waals surface area contributed by atoms with Crippen LogP contribution in [0.3, 0.4) is 0 Å². The lowest BCUT2D eigenvalue weighted by atomic mass is 10.2. The first-order valence-electron chi connectivity index (χ1n) is 5.82. The van der Waals surface area contributed by atoms with Gasteiger partial charge in [-0.25, -0.2) is 17.5 Å². The van der Waals surface area contributed by atoms with Crippen molar-refractivity contribution in [2.24, 2.45) is 0 Å². The van der Waals surface area contributed by atoms with Gasteiger partial charge < -0.3 is 5.32 Å². The van der Waals surface area contributed by atoms with Crippen LogP contribution in [0.15, 0.2) is 17.0 Å². The van der Waals surface area contributed by atoms with E-state index in [4.69, 9.17) is 11.6 Å². The Labute approximate surface area is 124 Å². The van der Waals surface area contributed by atoms with Gasteiger partial charge in [-0.05, 0) is 24.2 Å². The van der Waals surface area contributed by atoms with Crippen molar-refractivity contribution >= 4 is 21.6 Å². The molecule has 0 saturated heterocycles. The summed E-state index contributed by atoms with van der Waals surface area (Å²) in [6, 6.07) is 1.61. The highest BCUT2D eigenvalue weighted by Gasteiger charge is 2.30. The standard InChI is InChI=1S/C11H13ClF4N2O2S/c1-2-17-5-7-3-8(4-9(13)10(7)12)21(19,20)18-6-11(14,15)16/h3-4,17-18H,2,5-6H2,1H3. The van der Waals surface area contributed by atoms with Crippen molar-refractivity contribution in [3.8, 4) is 0 Å². The number of halogens is 5. The molecule has 0 aromatic heterocycles. The molecule has 1 aromatic carbocycles. The van der Waals surface area contributed by atoms with Crippen LogP contribution in [0.5, 0.6) is 0 Å². The third kappa shape index (κ3) is 5.42. The molecular formula is C11H13ClF4N2O2S. The van der Waals surface area contributed by atoms with Crippen LogP contribution in [-0.4, -0.2) is 27.7 Å². The number of nitrogens with one attached hydrogen (secondary N) is 2. The summed E-state index contributed by atoms with van der Waals surface area (Å²) in [6.45, 7) is 0.661. The first-order chi connectivity index (χ1) is 9.57. The van der Waals surface area contributed by atoms with Gasteiger partial charge in [-0.15, -0.1) is 0 Å². The Bertz CT molecular complexity index is 605. The van der Waals surface area contributed by atoms with E-state index in [0.29, 0.717) is 12.6 Å². The number of hydrogen-bond acceptors (Lipinski definition) is 3. The SMILES string of the molecule is CCNCc1cc(S(=O)(=O)NCC(F)(F)F)cc(F)c1Cl. The summed E-state index contributed by atoms with van der Waals surface area (Å²) in [4.78, 5) is -0.610. The zero-order valence-corrected chi connectivity index (χ0v) is 12.5. The van der Waals surface area contributed by atoms with Gasteiger partial charge in [-0.2, -0.15) is 13.2 Å². The molecule has 21 heavy (non-hydrogen) atoms. The first-order valence-corrected chi connectivity index (χ1v) is 7.68. The predicted molar refractivity (Wildman–Crippen MR) is 70.0 cm³/mol. The van der Waals surface area contributed by atoms with Crippen molar-refractivity contribution in [1.29, 1.82) is 0 Å². The molecule has 0 heterocycles. The minimum atomic E-state index is -4.70. The van der Waals surface area contributed by atoms with E-state index in [1.165, 1.54) is 4.72 Å². The van der Waals surface area contributed by atoms with Crippen molar-refractivity contribution in [2.75, 3.05) is 13.1 Å². The normalized spacial score (nSPS) is 12.7.